The Morgan fingerprint density at radius 1 is 0.920 bits per heavy atom. The van der Waals surface area contributed by atoms with Crippen LogP contribution in [0.3, 0.4) is 0 Å². The highest BCUT2D eigenvalue weighted by atomic mass is 16.5. The Bertz CT molecular complexity index is 753. The summed E-state index contributed by atoms with van der Waals surface area (Å²) in [5, 5.41) is 3.68. The summed E-state index contributed by atoms with van der Waals surface area (Å²) in [6, 6.07) is 2.48. The normalized spacial score (nSPS) is 26.6. The van der Waals surface area contributed by atoms with E-state index in [9.17, 15) is 0 Å². The molecular formula is C20H25NO4. The maximum absolute atomic E-state index is 5.80. The van der Waals surface area contributed by atoms with Gasteiger partial charge < -0.3 is 24.3 Å². The molecule has 0 radical (unpaired) electrons. The molecule has 1 aliphatic heterocycles. The van der Waals surface area contributed by atoms with Crippen molar-refractivity contribution in [3.63, 3.8) is 0 Å². The Morgan fingerprint density at radius 3 is 2.36 bits per heavy atom. The van der Waals surface area contributed by atoms with Gasteiger partial charge >= 0.3 is 0 Å². The van der Waals surface area contributed by atoms with Crippen LogP contribution in [-0.4, -0.2) is 35.0 Å². The monoisotopic (exact) mass is 343 g/mol. The third-order valence-electron chi connectivity index (χ3n) is 5.65. The molecule has 1 aromatic carbocycles. The number of fused-ring (bicyclic) bond motifs is 2. The fraction of sp³-hybridized carbons (Fsp3) is 0.500. The molecule has 3 unspecified atom stereocenters. The van der Waals surface area contributed by atoms with Gasteiger partial charge in [0.2, 0.25) is 0 Å². The van der Waals surface area contributed by atoms with E-state index in [4.69, 9.17) is 18.9 Å². The smallest absolute Gasteiger partial charge is 0.164 e. The second-order valence-corrected chi connectivity index (χ2v) is 6.75. The molecule has 3 aliphatic rings. The van der Waals surface area contributed by atoms with E-state index >= 15 is 0 Å². The Kier molecular flexibility index (Phi) is 4.12. The van der Waals surface area contributed by atoms with Crippen LogP contribution in [-0.2, 0) is 15.9 Å². The van der Waals surface area contributed by atoms with Crippen LogP contribution in [0.1, 0.15) is 35.1 Å². The van der Waals surface area contributed by atoms with Gasteiger partial charge in [0, 0.05) is 17.5 Å². The molecule has 2 aliphatic carbocycles. The average Bonchev–Trinajstić information content (AvgIpc) is 2.66. The maximum Gasteiger partial charge on any atom is 0.164 e. The number of hydrogen-bond donors (Lipinski definition) is 1. The van der Waals surface area contributed by atoms with Crippen LogP contribution in [0.25, 0.3) is 0 Å². The van der Waals surface area contributed by atoms with Gasteiger partial charge in [-0.1, -0.05) is 0 Å². The fourth-order valence-corrected chi connectivity index (χ4v) is 4.60. The van der Waals surface area contributed by atoms with E-state index in [2.05, 4.69) is 23.5 Å². The molecule has 0 saturated heterocycles. The van der Waals surface area contributed by atoms with Crippen LogP contribution in [0.4, 0.5) is 0 Å². The third-order valence-corrected chi connectivity index (χ3v) is 5.65. The summed E-state index contributed by atoms with van der Waals surface area (Å²) >= 11 is 0. The van der Waals surface area contributed by atoms with E-state index in [0.29, 0.717) is 12.0 Å². The van der Waals surface area contributed by atoms with Gasteiger partial charge in [-0.25, -0.2) is 0 Å². The topological polar surface area (TPSA) is 49.0 Å². The molecule has 0 fully saturated rings. The van der Waals surface area contributed by atoms with Gasteiger partial charge in [0.05, 0.1) is 28.4 Å². The molecule has 5 nitrogen and oxygen atoms in total. The summed E-state index contributed by atoms with van der Waals surface area (Å²) < 4.78 is 22.5. The fourth-order valence-electron chi connectivity index (χ4n) is 4.60. The van der Waals surface area contributed by atoms with E-state index in [1.54, 1.807) is 28.4 Å². The van der Waals surface area contributed by atoms with Gasteiger partial charge in [-0.3, -0.25) is 0 Å². The minimum atomic E-state index is 0.198. The first-order valence-electron chi connectivity index (χ1n) is 8.74. The highest BCUT2D eigenvalue weighted by molar-refractivity contribution is 5.61. The quantitative estimate of drug-likeness (QED) is 0.910. The number of ether oxygens (including phenoxy) is 4. The van der Waals surface area contributed by atoms with Crippen LogP contribution in [0.15, 0.2) is 29.7 Å². The second kappa shape index (κ2) is 6.30. The highest BCUT2D eigenvalue weighted by Gasteiger charge is 2.41. The van der Waals surface area contributed by atoms with Gasteiger partial charge in [0.25, 0.3) is 0 Å². The molecule has 1 aromatic rings. The molecule has 134 valence electrons. The number of nitrogens with one attached hydrogen (secondary N) is 1. The lowest BCUT2D eigenvalue weighted by atomic mass is 9.68. The third kappa shape index (κ3) is 2.41. The van der Waals surface area contributed by atoms with Crippen molar-refractivity contribution in [2.75, 3.05) is 35.0 Å². The maximum atomic E-state index is 5.80. The van der Waals surface area contributed by atoms with E-state index < -0.39 is 0 Å². The lowest BCUT2D eigenvalue weighted by molar-refractivity contribution is 0.205. The van der Waals surface area contributed by atoms with Gasteiger partial charge in [-0.2, -0.15) is 0 Å². The van der Waals surface area contributed by atoms with Crippen LogP contribution >= 0.6 is 0 Å². The number of benzene rings is 1. The minimum Gasteiger partial charge on any atom is -0.493 e. The lowest BCUT2D eigenvalue weighted by Crippen LogP contribution is -2.37. The summed E-state index contributed by atoms with van der Waals surface area (Å²) in [5.74, 6) is 3.78. The average molecular weight is 343 g/mol. The van der Waals surface area contributed by atoms with Crippen molar-refractivity contribution < 1.29 is 18.9 Å². The molecule has 1 N–H and O–H groups in total. The predicted molar refractivity (Wildman–Crippen MR) is 95.0 cm³/mol. The summed E-state index contributed by atoms with van der Waals surface area (Å²) in [6.45, 7) is 0.990. The SMILES string of the molecule is COC1=CC2CC3NCCc4cc(OC)c(OC)c(c43)C2C=C1OC. The minimum absolute atomic E-state index is 0.198. The largest absolute Gasteiger partial charge is 0.493 e. The van der Waals surface area contributed by atoms with Gasteiger partial charge in [0.15, 0.2) is 23.0 Å². The highest BCUT2D eigenvalue weighted by Crippen LogP contribution is 2.54. The Morgan fingerprint density at radius 2 is 1.68 bits per heavy atom. The zero-order valence-electron chi connectivity index (χ0n) is 15.2. The molecule has 1 heterocycles. The molecule has 25 heavy (non-hydrogen) atoms. The Labute approximate surface area is 148 Å². The molecule has 0 spiro atoms. The summed E-state index contributed by atoms with van der Waals surface area (Å²) in [7, 11) is 6.80. The van der Waals surface area contributed by atoms with Crippen molar-refractivity contribution >= 4 is 0 Å². The zero-order valence-corrected chi connectivity index (χ0v) is 15.2. The number of hydrogen-bond acceptors (Lipinski definition) is 5. The van der Waals surface area contributed by atoms with E-state index in [0.717, 1.165) is 42.4 Å². The molecule has 0 bridgehead atoms. The molecule has 5 heteroatoms. The number of rotatable bonds is 4. The molecule has 4 rings (SSSR count). The Balaban J connectivity index is 1.94. The van der Waals surface area contributed by atoms with E-state index in [-0.39, 0.29) is 5.92 Å². The first-order chi connectivity index (χ1) is 12.2. The van der Waals surface area contributed by atoms with Gasteiger partial charge in [-0.15, -0.1) is 0 Å². The van der Waals surface area contributed by atoms with Crippen LogP contribution in [0, 0.1) is 5.92 Å². The van der Waals surface area contributed by atoms with Crippen molar-refractivity contribution in [1.29, 1.82) is 0 Å². The number of methoxy groups -OCH3 is 4. The predicted octanol–water partition coefficient (Wildman–Crippen LogP) is 3.07. The van der Waals surface area contributed by atoms with Crippen LogP contribution in [0.2, 0.25) is 0 Å². The Hall–Kier alpha value is -2.14. The zero-order chi connectivity index (χ0) is 17.6. The van der Waals surface area contributed by atoms with Crippen LogP contribution < -0.4 is 14.8 Å². The van der Waals surface area contributed by atoms with Gasteiger partial charge in [-0.05, 0) is 54.6 Å². The van der Waals surface area contributed by atoms with Crippen molar-refractivity contribution in [2.24, 2.45) is 5.92 Å². The van der Waals surface area contributed by atoms with Crippen LogP contribution in [0.5, 0.6) is 11.5 Å². The standard InChI is InChI=1S/C20H25NO4/c1-22-15-9-12-7-14-18-11(5-6-21-14)8-17(24-3)20(25-4)19(18)13(12)10-16(15)23-2/h8-10,12-14,21H,5-7H2,1-4H3. The van der Waals surface area contributed by atoms with Gasteiger partial charge in [0.1, 0.15) is 0 Å². The first-order valence-corrected chi connectivity index (χ1v) is 8.74. The first kappa shape index (κ1) is 16.3. The van der Waals surface area contributed by atoms with Crippen molar-refractivity contribution in [2.45, 2.75) is 24.8 Å². The summed E-state index contributed by atoms with van der Waals surface area (Å²) in [6.07, 6.45) is 6.42. The van der Waals surface area contributed by atoms with Crippen molar-refractivity contribution in [3.8, 4) is 11.5 Å². The van der Waals surface area contributed by atoms with Crippen molar-refractivity contribution in [1.82, 2.24) is 5.32 Å². The molecule has 0 aromatic heterocycles. The van der Waals surface area contributed by atoms with Crippen molar-refractivity contribution in [3.05, 3.63) is 46.4 Å². The molecule has 0 amide bonds. The molecule has 0 saturated carbocycles. The second-order valence-electron chi connectivity index (χ2n) is 6.75. The summed E-state index contributed by atoms with van der Waals surface area (Å²) in [4.78, 5) is 0. The molecular weight excluding hydrogens is 318 g/mol. The lowest BCUT2D eigenvalue weighted by Gasteiger charge is -2.42. The van der Waals surface area contributed by atoms with E-state index in [1.165, 1.54) is 16.7 Å². The number of allylic oxidation sites excluding steroid dienone is 2. The van der Waals surface area contributed by atoms with E-state index in [1.807, 2.05) is 0 Å². The molecule has 3 atom stereocenters. The summed E-state index contributed by atoms with van der Waals surface area (Å²) in [5.41, 5.74) is 3.97.